The average molecular weight is 346 g/mol. The van der Waals surface area contributed by atoms with E-state index in [4.69, 9.17) is 10.5 Å². The van der Waals surface area contributed by atoms with E-state index in [0.29, 0.717) is 32.0 Å². The molecule has 0 bridgehead atoms. The molecule has 7 heteroatoms. The SMILES string of the molecule is NCCOCC1CCN(c2ccc(N3CCC(=O)NC3=O)cc2)CC1. The summed E-state index contributed by atoms with van der Waals surface area (Å²) in [6.45, 7) is 4.46. The number of hydrogen-bond acceptors (Lipinski definition) is 5. The Hall–Kier alpha value is -2.12. The second-order valence-electron chi connectivity index (χ2n) is 6.57. The van der Waals surface area contributed by atoms with Gasteiger partial charge in [0.1, 0.15) is 0 Å². The standard InChI is InChI=1S/C18H26N4O3/c19-8-12-25-13-14-5-9-21(10-6-14)15-1-3-16(4-2-15)22-11-7-17(23)20-18(22)24/h1-4,14H,5-13,19H2,(H,20,23,24). The third-order valence-electron chi connectivity index (χ3n) is 4.81. The summed E-state index contributed by atoms with van der Waals surface area (Å²) in [4.78, 5) is 27.1. The van der Waals surface area contributed by atoms with E-state index in [1.54, 1.807) is 4.90 Å². The van der Waals surface area contributed by atoms with Gasteiger partial charge >= 0.3 is 6.03 Å². The van der Waals surface area contributed by atoms with Crippen LogP contribution in [0.2, 0.25) is 0 Å². The zero-order chi connectivity index (χ0) is 17.6. The first-order valence-electron chi connectivity index (χ1n) is 8.91. The van der Waals surface area contributed by atoms with Gasteiger partial charge in [0.05, 0.1) is 6.61 Å². The quantitative estimate of drug-likeness (QED) is 0.759. The van der Waals surface area contributed by atoms with E-state index in [0.717, 1.165) is 38.2 Å². The molecule has 0 unspecified atom stereocenters. The highest BCUT2D eigenvalue weighted by atomic mass is 16.5. The minimum absolute atomic E-state index is 0.212. The van der Waals surface area contributed by atoms with Crippen LogP contribution in [0.5, 0.6) is 0 Å². The van der Waals surface area contributed by atoms with Gasteiger partial charge in [-0.3, -0.25) is 15.0 Å². The number of anilines is 2. The maximum absolute atomic E-state index is 11.9. The van der Waals surface area contributed by atoms with Gasteiger partial charge in [-0.1, -0.05) is 0 Å². The fourth-order valence-corrected chi connectivity index (χ4v) is 3.35. The van der Waals surface area contributed by atoms with Crippen molar-refractivity contribution in [1.29, 1.82) is 0 Å². The van der Waals surface area contributed by atoms with Gasteiger partial charge in [-0.05, 0) is 43.0 Å². The summed E-state index contributed by atoms with van der Waals surface area (Å²) in [5.74, 6) is 0.396. The molecule has 7 nitrogen and oxygen atoms in total. The van der Waals surface area contributed by atoms with Crippen LogP contribution in [0.4, 0.5) is 16.2 Å². The first-order valence-corrected chi connectivity index (χ1v) is 8.91. The van der Waals surface area contributed by atoms with Gasteiger partial charge in [0.2, 0.25) is 5.91 Å². The number of hydrogen-bond donors (Lipinski definition) is 2. The first kappa shape index (κ1) is 17.7. The van der Waals surface area contributed by atoms with Crippen molar-refractivity contribution in [3.8, 4) is 0 Å². The highest BCUT2D eigenvalue weighted by Gasteiger charge is 2.24. The highest BCUT2D eigenvalue weighted by Crippen LogP contribution is 2.26. The second kappa shape index (κ2) is 8.31. The summed E-state index contributed by atoms with van der Waals surface area (Å²) >= 11 is 0. The maximum Gasteiger partial charge on any atom is 0.328 e. The number of amides is 3. The molecular formula is C18H26N4O3. The maximum atomic E-state index is 11.9. The number of imide groups is 1. The summed E-state index contributed by atoms with van der Waals surface area (Å²) in [6.07, 6.45) is 2.57. The number of nitrogens with zero attached hydrogens (tertiary/aromatic N) is 2. The lowest BCUT2D eigenvalue weighted by atomic mass is 9.97. The van der Waals surface area contributed by atoms with Crippen molar-refractivity contribution in [2.24, 2.45) is 11.7 Å². The molecule has 2 heterocycles. The van der Waals surface area contributed by atoms with Gasteiger partial charge in [0.15, 0.2) is 0 Å². The van der Waals surface area contributed by atoms with E-state index in [-0.39, 0.29) is 11.9 Å². The molecule has 0 radical (unpaired) electrons. The highest BCUT2D eigenvalue weighted by molar-refractivity contribution is 6.05. The lowest BCUT2D eigenvalue weighted by molar-refractivity contribution is -0.120. The van der Waals surface area contributed by atoms with Crippen LogP contribution in [0, 0.1) is 5.92 Å². The first-order chi connectivity index (χ1) is 12.2. The average Bonchev–Trinajstić information content (AvgIpc) is 2.63. The zero-order valence-corrected chi connectivity index (χ0v) is 14.4. The number of rotatable bonds is 6. The Morgan fingerprint density at radius 1 is 1.08 bits per heavy atom. The Balaban J connectivity index is 1.53. The van der Waals surface area contributed by atoms with Crippen molar-refractivity contribution in [1.82, 2.24) is 5.32 Å². The van der Waals surface area contributed by atoms with E-state index in [2.05, 4.69) is 10.2 Å². The van der Waals surface area contributed by atoms with Crippen molar-refractivity contribution < 1.29 is 14.3 Å². The number of benzene rings is 1. The van der Waals surface area contributed by atoms with Crippen LogP contribution in [-0.2, 0) is 9.53 Å². The summed E-state index contributed by atoms with van der Waals surface area (Å²) in [5, 5.41) is 2.35. The fraction of sp³-hybridized carbons (Fsp3) is 0.556. The Labute approximate surface area is 148 Å². The fourth-order valence-electron chi connectivity index (χ4n) is 3.35. The van der Waals surface area contributed by atoms with Gasteiger partial charge in [-0.25, -0.2) is 4.79 Å². The van der Waals surface area contributed by atoms with Gasteiger partial charge in [-0.2, -0.15) is 0 Å². The number of nitrogens with one attached hydrogen (secondary N) is 1. The molecule has 2 aliphatic rings. The van der Waals surface area contributed by atoms with Gasteiger partial charge < -0.3 is 15.4 Å². The van der Waals surface area contributed by atoms with Crippen molar-refractivity contribution >= 4 is 23.3 Å². The third-order valence-corrected chi connectivity index (χ3v) is 4.81. The van der Waals surface area contributed by atoms with E-state index >= 15 is 0 Å². The van der Waals surface area contributed by atoms with Crippen LogP contribution in [0.3, 0.4) is 0 Å². The predicted octanol–water partition coefficient (Wildman–Crippen LogP) is 1.32. The van der Waals surface area contributed by atoms with Crippen LogP contribution < -0.4 is 20.9 Å². The number of nitrogens with two attached hydrogens (primary N) is 1. The van der Waals surface area contributed by atoms with Crippen LogP contribution in [0.15, 0.2) is 24.3 Å². The Morgan fingerprint density at radius 3 is 2.40 bits per heavy atom. The molecule has 2 fully saturated rings. The third kappa shape index (κ3) is 4.49. The molecular weight excluding hydrogens is 320 g/mol. The van der Waals surface area contributed by atoms with E-state index < -0.39 is 0 Å². The molecule has 0 spiro atoms. The van der Waals surface area contributed by atoms with Crippen LogP contribution in [0.1, 0.15) is 19.3 Å². The number of carbonyl (C=O) groups excluding carboxylic acids is 2. The molecule has 0 aliphatic carbocycles. The number of piperidine rings is 1. The summed E-state index contributed by atoms with van der Waals surface area (Å²) in [7, 11) is 0. The molecule has 3 rings (SSSR count). The Bertz CT molecular complexity index is 597. The minimum Gasteiger partial charge on any atom is -0.380 e. The molecule has 3 N–H and O–H groups in total. The van der Waals surface area contributed by atoms with Crippen LogP contribution >= 0.6 is 0 Å². The molecule has 136 valence electrons. The van der Waals surface area contributed by atoms with Crippen LogP contribution in [0.25, 0.3) is 0 Å². The molecule has 0 saturated carbocycles. The molecule has 3 amide bonds. The molecule has 0 aromatic heterocycles. The largest absolute Gasteiger partial charge is 0.380 e. The zero-order valence-electron chi connectivity index (χ0n) is 14.4. The Kier molecular flexibility index (Phi) is 5.88. The molecule has 1 aromatic carbocycles. The molecule has 0 atom stereocenters. The lowest BCUT2D eigenvalue weighted by Crippen LogP contribution is -2.49. The molecule has 1 aromatic rings. The normalized spacial score (nSPS) is 19.2. The second-order valence-corrected chi connectivity index (χ2v) is 6.57. The molecule has 2 saturated heterocycles. The monoisotopic (exact) mass is 346 g/mol. The number of carbonyl (C=O) groups is 2. The minimum atomic E-state index is -0.345. The van der Waals surface area contributed by atoms with Crippen molar-refractivity contribution in [3.05, 3.63) is 24.3 Å². The van der Waals surface area contributed by atoms with Gasteiger partial charge in [0.25, 0.3) is 0 Å². The van der Waals surface area contributed by atoms with Gasteiger partial charge in [0, 0.05) is 50.6 Å². The van der Waals surface area contributed by atoms with E-state index in [9.17, 15) is 9.59 Å². The topological polar surface area (TPSA) is 87.9 Å². The predicted molar refractivity (Wildman–Crippen MR) is 96.8 cm³/mol. The Morgan fingerprint density at radius 2 is 1.76 bits per heavy atom. The summed E-state index contributed by atoms with van der Waals surface area (Å²) in [6, 6.07) is 7.64. The van der Waals surface area contributed by atoms with Crippen molar-refractivity contribution in [2.45, 2.75) is 19.3 Å². The van der Waals surface area contributed by atoms with Gasteiger partial charge in [-0.15, -0.1) is 0 Å². The van der Waals surface area contributed by atoms with E-state index in [1.165, 1.54) is 5.69 Å². The molecule has 25 heavy (non-hydrogen) atoms. The number of ether oxygens (including phenoxy) is 1. The van der Waals surface area contributed by atoms with E-state index in [1.807, 2.05) is 24.3 Å². The van der Waals surface area contributed by atoms with Crippen molar-refractivity contribution in [2.75, 3.05) is 49.2 Å². The lowest BCUT2D eigenvalue weighted by Gasteiger charge is -2.34. The summed E-state index contributed by atoms with van der Waals surface area (Å²) < 4.78 is 5.55. The molecule has 2 aliphatic heterocycles. The van der Waals surface area contributed by atoms with Crippen molar-refractivity contribution in [3.63, 3.8) is 0 Å². The van der Waals surface area contributed by atoms with Crippen LogP contribution in [-0.4, -0.2) is 51.3 Å². The number of urea groups is 1. The summed E-state index contributed by atoms with van der Waals surface area (Å²) in [5.41, 5.74) is 7.43. The smallest absolute Gasteiger partial charge is 0.328 e.